The van der Waals surface area contributed by atoms with E-state index in [1.165, 1.54) is 0 Å². The molecule has 12 heteroatoms. The minimum Gasteiger partial charge on any atom is -0.481 e. The second kappa shape index (κ2) is 25.6. The van der Waals surface area contributed by atoms with Crippen molar-refractivity contribution in [3.63, 3.8) is 0 Å². The summed E-state index contributed by atoms with van der Waals surface area (Å²) in [5.41, 5.74) is 15.0. The SMILES string of the molecule is CCOC(=O)COc1c2cc(C(C)C)c(C)c1Cc1cc(C(C)C)c(C)c(c1OCC(=O)OCC)Cc1cc(C(C)C)c(C)c(c1OCC(=O)OCC)Cc1cc(C(C)C)c(C)c(c1OCC(=O)OCC)C2. The molecule has 0 saturated heterocycles. The number of ether oxygens (including phenoxy) is 8. The van der Waals surface area contributed by atoms with Gasteiger partial charge < -0.3 is 37.9 Å². The van der Waals surface area contributed by atoms with Crippen molar-refractivity contribution in [3.05, 3.63) is 113 Å². The molecule has 0 N–H and O–H groups in total. The molecule has 72 heavy (non-hydrogen) atoms. The van der Waals surface area contributed by atoms with Crippen molar-refractivity contribution in [2.75, 3.05) is 52.9 Å². The fourth-order valence-electron chi connectivity index (χ4n) is 10.2. The van der Waals surface area contributed by atoms with Crippen LogP contribution < -0.4 is 18.9 Å². The molecular weight excluding hydrogens is 913 g/mol. The lowest BCUT2D eigenvalue weighted by molar-refractivity contribution is -0.146. The molecule has 1 aliphatic carbocycles. The fraction of sp³-hybridized carbons (Fsp3) is 0.533. The summed E-state index contributed by atoms with van der Waals surface area (Å²) in [5.74, 6) is 0.461. The molecule has 0 saturated carbocycles. The molecule has 0 heterocycles. The van der Waals surface area contributed by atoms with E-state index in [0.29, 0.717) is 48.7 Å². The summed E-state index contributed by atoms with van der Waals surface area (Å²) in [4.78, 5) is 53.1. The molecule has 0 atom stereocenters. The number of hydrogen-bond donors (Lipinski definition) is 0. The van der Waals surface area contributed by atoms with Crippen molar-refractivity contribution in [2.45, 2.75) is 160 Å². The zero-order chi connectivity index (χ0) is 53.1. The van der Waals surface area contributed by atoms with Crippen molar-refractivity contribution in [1.82, 2.24) is 0 Å². The quantitative estimate of drug-likeness (QED) is 0.0541. The molecule has 392 valence electrons. The van der Waals surface area contributed by atoms with E-state index in [-0.39, 0.29) is 76.5 Å². The second-order valence-electron chi connectivity index (χ2n) is 19.9. The van der Waals surface area contributed by atoms with E-state index in [1.807, 2.05) is 0 Å². The van der Waals surface area contributed by atoms with Gasteiger partial charge >= 0.3 is 23.9 Å². The first-order valence-electron chi connectivity index (χ1n) is 25.9. The highest BCUT2D eigenvalue weighted by Crippen LogP contribution is 2.46. The van der Waals surface area contributed by atoms with Crippen LogP contribution in [0.25, 0.3) is 0 Å². The van der Waals surface area contributed by atoms with Crippen LogP contribution in [0.15, 0.2) is 24.3 Å². The van der Waals surface area contributed by atoms with Crippen LogP contribution in [-0.4, -0.2) is 76.7 Å². The van der Waals surface area contributed by atoms with E-state index in [0.717, 1.165) is 89.0 Å². The number of carbonyl (C=O) groups excluding carboxylic acids is 4. The van der Waals surface area contributed by atoms with Crippen LogP contribution in [0.4, 0.5) is 0 Å². The Morgan fingerprint density at radius 2 is 0.542 bits per heavy atom. The molecule has 0 fully saturated rings. The van der Waals surface area contributed by atoms with Gasteiger partial charge in [-0.05, 0) is 146 Å². The van der Waals surface area contributed by atoms with Crippen LogP contribution in [-0.2, 0) is 63.8 Å². The van der Waals surface area contributed by atoms with Gasteiger partial charge in [-0.3, -0.25) is 0 Å². The fourth-order valence-corrected chi connectivity index (χ4v) is 10.2. The van der Waals surface area contributed by atoms with Gasteiger partial charge in [0.25, 0.3) is 0 Å². The lowest BCUT2D eigenvalue weighted by Gasteiger charge is -2.29. The third kappa shape index (κ3) is 13.3. The van der Waals surface area contributed by atoms with Gasteiger partial charge in [-0.1, -0.05) is 79.7 Å². The minimum absolute atomic E-state index is 0.0842. The summed E-state index contributed by atoms with van der Waals surface area (Å²) in [6, 6.07) is 8.69. The largest absolute Gasteiger partial charge is 0.481 e. The van der Waals surface area contributed by atoms with E-state index in [9.17, 15) is 19.2 Å². The van der Waals surface area contributed by atoms with Crippen molar-refractivity contribution >= 4 is 23.9 Å². The Morgan fingerprint density at radius 3 is 0.694 bits per heavy atom. The molecular formula is C60H80O12. The Labute approximate surface area is 428 Å². The van der Waals surface area contributed by atoms with Gasteiger partial charge in [0.15, 0.2) is 26.4 Å². The van der Waals surface area contributed by atoms with Crippen LogP contribution >= 0.6 is 0 Å². The number of esters is 4. The number of carbonyl (C=O) groups is 4. The van der Waals surface area contributed by atoms with Gasteiger partial charge in [-0.25, -0.2) is 19.2 Å². The predicted octanol–water partition coefficient (Wildman–Crippen LogP) is 11.9. The summed E-state index contributed by atoms with van der Waals surface area (Å²) < 4.78 is 48.7. The van der Waals surface area contributed by atoms with Crippen LogP contribution in [0, 0.1) is 27.7 Å². The van der Waals surface area contributed by atoms with Gasteiger partial charge in [0, 0.05) is 47.9 Å². The van der Waals surface area contributed by atoms with Crippen LogP contribution in [0.2, 0.25) is 0 Å². The van der Waals surface area contributed by atoms with Crippen LogP contribution in [0.1, 0.15) is 196 Å². The molecule has 0 unspecified atom stereocenters. The van der Waals surface area contributed by atoms with E-state index < -0.39 is 23.9 Å². The highest BCUT2D eigenvalue weighted by molar-refractivity contribution is 5.74. The maximum Gasteiger partial charge on any atom is 0.344 e. The maximum absolute atomic E-state index is 13.3. The topological polar surface area (TPSA) is 142 Å². The van der Waals surface area contributed by atoms with Crippen molar-refractivity contribution in [3.8, 4) is 23.0 Å². The molecule has 1 aliphatic rings. The zero-order valence-electron chi connectivity index (χ0n) is 46.0. The Morgan fingerprint density at radius 1 is 0.361 bits per heavy atom. The van der Waals surface area contributed by atoms with Crippen LogP contribution in [0.3, 0.4) is 0 Å². The monoisotopic (exact) mass is 993 g/mol. The molecule has 5 rings (SSSR count). The molecule has 0 spiro atoms. The average molecular weight is 993 g/mol. The van der Waals surface area contributed by atoms with Gasteiger partial charge in [-0.15, -0.1) is 0 Å². The summed E-state index contributed by atoms with van der Waals surface area (Å²) in [6.07, 6.45) is 1.20. The molecule has 0 radical (unpaired) electrons. The molecule has 8 bridgehead atoms. The third-order valence-corrected chi connectivity index (χ3v) is 13.6. The predicted molar refractivity (Wildman–Crippen MR) is 281 cm³/mol. The van der Waals surface area contributed by atoms with Gasteiger partial charge in [0.2, 0.25) is 0 Å². The Bertz CT molecular complexity index is 2260. The Balaban J connectivity index is 2.08. The van der Waals surface area contributed by atoms with Gasteiger partial charge in [0.05, 0.1) is 26.4 Å². The minimum atomic E-state index is -0.503. The standard InChI is InChI=1S/C60H80O12/c1-17-65-53(61)29-69-57-41-21-45(33(5)6)37(13)49(57)26-42-22-46(34(7)8)39(15)51(58(42)70-30-54(62)66-18-2)28-44-24-48(36(11)12)40(16)52(60(44)72-32-56(64)68-20-4)27-43-23-47(35(9)10)38(14)50(25-41)59(43)71-31-55(63)67-19-3/h21-24,33-36H,17-20,25-32H2,1-16H3. The summed E-state index contributed by atoms with van der Waals surface area (Å²) in [6.45, 7) is 32.2. The molecule has 0 aromatic heterocycles. The smallest absolute Gasteiger partial charge is 0.344 e. The highest BCUT2D eigenvalue weighted by atomic mass is 16.6. The van der Waals surface area contributed by atoms with Crippen LogP contribution in [0.5, 0.6) is 23.0 Å². The molecule has 12 nitrogen and oxygen atoms in total. The molecule has 4 aromatic rings. The number of benzene rings is 4. The number of rotatable bonds is 20. The lowest BCUT2D eigenvalue weighted by Crippen LogP contribution is -2.20. The van der Waals surface area contributed by atoms with E-state index in [2.05, 4.69) is 107 Å². The van der Waals surface area contributed by atoms with Crippen molar-refractivity contribution in [1.29, 1.82) is 0 Å². The lowest BCUT2D eigenvalue weighted by atomic mass is 9.80. The third-order valence-electron chi connectivity index (χ3n) is 13.6. The number of fused-ring (bicyclic) bond motifs is 8. The first kappa shape index (κ1) is 56.9. The van der Waals surface area contributed by atoms with E-state index >= 15 is 0 Å². The summed E-state index contributed by atoms with van der Waals surface area (Å²) in [5, 5.41) is 0. The van der Waals surface area contributed by atoms with E-state index in [1.54, 1.807) is 27.7 Å². The van der Waals surface area contributed by atoms with Gasteiger partial charge in [0.1, 0.15) is 23.0 Å². The first-order valence-corrected chi connectivity index (χ1v) is 25.9. The normalized spacial score (nSPS) is 12.3. The maximum atomic E-state index is 13.3. The average Bonchev–Trinajstić information content (AvgIpc) is 3.30. The molecule has 0 amide bonds. The Hall–Kier alpha value is -6.04. The summed E-state index contributed by atoms with van der Waals surface area (Å²) >= 11 is 0. The summed E-state index contributed by atoms with van der Waals surface area (Å²) in [7, 11) is 0. The molecule has 4 aromatic carbocycles. The first-order chi connectivity index (χ1) is 34.2. The molecule has 0 aliphatic heterocycles. The Kier molecular flexibility index (Phi) is 20.2. The number of hydrogen-bond acceptors (Lipinski definition) is 12. The van der Waals surface area contributed by atoms with E-state index in [4.69, 9.17) is 37.9 Å². The van der Waals surface area contributed by atoms with Crippen molar-refractivity contribution in [2.24, 2.45) is 0 Å². The van der Waals surface area contributed by atoms with Gasteiger partial charge in [-0.2, -0.15) is 0 Å². The second-order valence-corrected chi connectivity index (χ2v) is 19.9. The van der Waals surface area contributed by atoms with Crippen molar-refractivity contribution < 1.29 is 57.1 Å². The zero-order valence-corrected chi connectivity index (χ0v) is 46.0. The highest BCUT2D eigenvalue weighted by Gasteiger charge is 2.31.